The molecule has 2 aromatic carbocycles. The van der Waals surface area contributed by atoms with Crippen molar-refractivity contribution in [3.8, 4) is 16.9 Å². The minimum atomic E-state index is 0.936. The minimum Gasteiger partial charge on any atom is -0.302 e. The van der Waals surface area contributed by atoms with Gasteiger partial charge in [0, 0.05) is 34.6 Å². The molecule has 6 aromatic rings. The number of fused-ring (bicyclic) bond motifs is 6. The minimum absolute atomic E-state index is 0.936. The SMILES string of the molecule is C=Cc1ccc(-c2cc3c4c(C)cccc4n4nc(-n5c(C)ccc5C)cc4n3c2)cc1. The Morgan fingerprint density at radius 3 is 2.28 bits per heavy atom. The van der Waals surface area contributed by atoms with Crippen LogP contribution in [0.1, 0.15) is 22.5 Å². The summed E-state index contributed by atoms with van der Waals surface area (Å²) in [4.78, 5) is 0. The maximum absolute atomic E-state index is 5.05. The van der Waals surface area contributed by atoms with E-state index in [2.05, 4.69) is 114 Å². The Balaban J connectivity index is 1.71. The summed E-state index contributed by atoms with van der Waals surface area (Å²) in [6, 6.07) is 23.7. The van der Waals surface area contributed by atoms with Gasteiger partial charge in [-0.05, 0) is 61.7 Å². The molecule has 0 saturated heterocycles. The maximum Gasteiger partial charge on any atom is 0.161 e. The number of hydrogen-bond donors (Lipinski definition) is 0. The van der Waals surface area contributed by atoms with Gasteiger partial charge in [-0.3, -0.25) is 0 Å². The van der Waals surface area contributed by atoms with Gasteiger partial charge in [-0.2, -0.15) is 0 Å². The summed E-state index contributed by atoms with van der Waals surface area (Å²) < 4.78 is 6.56. The van der Waals surface area contributed by atoms with E-state index in [9.17, 15) is 0 Å². The molecule has 0 bridgehead atoms. The first-order valence-corrected chi connectivity index (χ1v) is 10.9. The molecule has 4 nitrogen and oxygen atoms in total. The highest BCUT2D eigenvalue weighted by Gasteiger charge is 2.17. The van der Waals surface area contributed by atoms with E-state index in [1.54, 1.807) is 0 Å². The van der Waals surface area contributed by atoms with E-state index in [0.29, 0.717) is 0 Å². The van der Waals surface area contributed by atoms with Crippen molar-refractivity contribution in [3.63, 3.8) is 0 Å². The molecule has 4 heterocycles. The monoisotopic (exact) mass is 416 g/mol. The molecule has 6 rings (SSSR count). The summed E-state index contributed by atoms with van der Waals surface area (Å²) >= 11 is 0. The first kappa shape index (κ1) is 18.7. The molecule has 0 amide bonds. The van der Waals surface area contributed by atoms with Crippen LogP contribution in [0, 0.1) is 20.8 Å². The zero-order valence-corrected chi connectivity index (χ0v) is 18.5. The molecule has 0 atom stereocenters. The van der Waals surface area contributed by atoms with Crippen LogP contribution in [0.25, 0.3) is 45.1 Å². The molecule has 156 valence electrons. The second kappa shape index (κ2) is 6.72. The van der Waals surface area contributed by atoms with E-state index in [0.717, 1.165) is 22.5 Å². The average Bonchev–Trinajstić information content (AvgIpc) is 3.50. The van der Waals surface area contributed by atoms with Crippen molar-refractivity contribution in [2.45, 2.75) is 20.8 Å². The Bertz CT molecular complexity index is 1640. The van der Waals surface area contributed by atoms with Gasteiger partial charge in [0.05, 0.1) is 11.0 Å². The van der Waals surface area contributed by atoms with Gasteiger partial charge in [-0.15, -0.1) is 5.10 Å². The highest BCUT2D eigenvalue weighted by Crippen LogP contribution is 2.32. The van der Waals surface area contributed by atoms with E-state index in [4.69, 9.17) is 5.10 Å². The molecular weight excluding hydrogens is 392 g/mol. The number of nitrogens with zero attached hydrogens (tertiary/aromatic N) is 4. The first-order valence-electron chi connectivity index (χ1n) is 10.9. The third kappa shape index (κ3) is 2.59. The maximum atomic E-state index is 5.05. The Hall–Kier alpha value is -4.05. The molecule has 0 aliphatic carbocycles. The largest absolute Gasteiger partial charge is 0.302 e. The zero-order chi connectivity index (χ0) is 22.0. The molecule has 4 heteroatoms. The van der Waals surface area contributed by atoms with Crippen LogP contribution in [0.15, 0.2) is 79.5 Å². The summed E-state index contributed by atoms with van der Waals surface area (Å²) in [5, 5.41) is 6.28. The lowest BCUT2D eigenvalue weighted by molar-refractivity contribution is 0.874. The van der Waals surface area contributed by atoms with Crippen LogP contribution in [0.5, 0.6) is 0 Å². The second-order valence-electron chi connectivity index (χ2n) is 8.50. The van der Waals surface area contributed by atoms with Gasteiger partial charge >= 0.3 is 0 Å². The number of hydrogen-bond acceptors (Lipinski definition) is 1. The van der Waals surface area contributed by atoms with Gasteiger partial charge in [0.15, 0.2) is 5.82 Å². The summed E-state index contributed by atoms with van der Waals surface area (Å²) in [6.07, 6.45) is 4.10. The summed E-state index contributed by atoms with van der Waals surface area (Å²) in [5.41, 5.74) is 10.5. The van der Waals surface area contributed by atoms with Crippen LogP contribution in [0.4, 0.5) is 0 Å². The van der Waals surface area contributed by atoms with E-state index >= 15 is 0 Å². The fraction of sp³-hybridized carbons (Fsp3) is 0.107. The molecule has 0 unspecified atom stereocenters. The van der Waals surface area contributed by atoms with Gasteiger partial charge in [-0.25, -0.2) is 4.52 Å². The molecule has 0 aliphatic heterocycles. The third-order valence-electron chi connectivity index (χ3n) is 6.46. The number of benzene rings is 2. The van der Waals surface area contributed by atoms with E-state index in [-0.39, 0.29) is 0 Å². The van der Waals surface area contributed by atoms with E-state index in [1.807, 2.05) is 6.08 Å². The fourth-order valence-corrected chi connectivity index (χ4v) is 4.82. The van der Waals surface area contributed by atoms with Crippen LogP contribution in [-0.4, -0.2) is 18.6 Å². The Morgan fingerprint density at radius 2 is 1.56 bits per heavy atom. The van der Waals surface area contributed by atoms with Crippen molar-refractivity contribution in [1.29, 1.82) is 0 Å². The second-order valence-corrected chi connectivity index (χ2v) is 8.50. The first-order chi connectivity index (χ1) is 15.5. The van der Waals surface area contributed by atoms with Crippen molar-refractivity contribution >= 4 is 28.1 Å². The molecule has 0 saturated carbocycles. The highest BCUT2D eigenvalue weighted by atomic mass is 15.3. The summed E-state index contributed by atoms with van der Waals surface area (Å²) in [7, 11) is 0. The number of aromatic nitrogens is 4. The van der Waals surface area contributed by atoms with Crippen LogP contribution in [-0.2, 0) is 0 Å². The quantitative estimate of drug-likeness (QED) is 0.313. The third-order valence-corrected chi connectivity index (χ3v) is 6.46. The molecule has 0 radical (unpaired) electrons. The number of rotatable bonds is 3. The van der Waals surface area contributed by atoms with Gasteiger partial charge in [0.1, 0.15) is 5.65 Å². The molecule has 0 fully saturated rings. The van der Waals surface area contributed by atoms with Crippen LogP contribution in [0.3, 0.4) is 0 Å². The molecule has 0 aliphatic rings. The number of aryl methyl sites for hydroxylation is 3. The van der Waals surface area contributed by atoms with Crippen molar-refractivity contribution in [1.82, 2.24) is 18.6 Å². The Labute approximate surface area is 186 Å². The Morgan fingerprint density at radius 1 is 0.812 bits per heavy atom. The lowest BCUT2D eigenvalue weighted by atomic mass is 10.1. The van der Waals surface area contributed by atoms with Gasteiger partial charge in [0.25, 0.3) is 0 Å². The van der Waals surface area contributed by atoms with Gasteiger partial charge in [-0.1, -0.05) is 49.1 Å². The van der Waals surface area contributed by atoms with E-state index in [1.165, 1.54) is 39.0 Å². The van der Waals surface area contributed by atoms with Crippen LogP contribution >= 0.6 is 0 Å². The standard InChI is InChI=1S/C28H24N4/c1-5-21-11-13-22(14-12-21)23-15-25-28-18(2)7-6-8-24(28)32-27(30(25)17-23)16-26(29-32)31-19(3)9-10-20(31)4/h5-17H,1H2,2-4H3. The summed E-state index contributed by atoms with van der Waals surface area (Å²) in [5.74, 6) is 0.936. The zero-order valence-electron chi connectivity index (χ0n) is 18.5. The van der Waals surface area contributed by atoms with Crippen LogP contribution < -0.4 is 0 Å². The smallest absolute Gasteiger partial charge is 0.161 e. The highest BCUT2D eigenvalue weighted by molar-refractivity contribution is 6.00. The van der Waals surface area contributed by atoms with Crippen molar-refractivity contribution < 1.29 is 0 Å². The molecule has 32 heavy (non-hydrogen) atoms. The molecule has 0 spiro atoms. The van der Waals surface area contributed by atoms with Crippen molar-refractivity contribution in [2.24, 2.45) is 0 Å². The van der Waals surface area contributed by atoms with Crippen molar-refractivity contribution in [2.75, 3.05) is 0 Å². The van der Waals surface area contributed by atoms with Crippen LogP contribution in [0.2, 0.25) is 0 Å². The Kier molecular flexibility index (Phi) is 3.93. The molecular formula is C28H24N4. The normalized spacial score (nSPS) is 11.7. The van der Waals surface area contributed by atoms with Gasteiger partial charge < -0.3 is 8.97 Å². The molecule has 0 N–H and O–H groups in total. The predicted molar refractivity (Wildman–Crippen MR) is 133 cm³/mol. The van der Waals surface area contributed by atoms with E-state index < -0.39 is 0 Å². The lowest BCUT2D eigenvalue weighted by Crippen LogP contribution is -2.01. The van der Waals surface area contributed by atoms with Gasteiger partial charge in [0.2, 0.25) is 0 Å². The predicted octanol–water partition coefficient (Wildman–Crippen LogP) is 6.77. The topological polar surface area (TPSA) is 26.6 Å². The average molecular weight is 417 g/mol. The summed E-state index contributed by atoms with van der Waals surface area (Å²) in [6.45, 7) is 10.3. The lowest BCUT2D eigenvalue weighted by Gasteiger charge is -2.08. The fourth-order valence-electron chi connectivity index (χ4n) is 4.82. The molecule has 4 aromatic heterocycles. The van der Waals surface area contributed by atoms with Crippen molar-refractivity contribution in [3.05, 3.63) is 102 Å².